The Labute approximate surface area is 107 Å². The number of aryl methyl sites for hydroxylation is 1. The van der Waals surface area contributed by atoms with E-state index in [1.165, 1.54) is 6.20 Å². The second kappa shape index (κ2) is 5.30. The van der Waals surface area contributed by atoms with Gasteiger partial charge in [-0.3, -0.25) is 10.1 Å². The maximum Gasteiger partial charge on any atom is 0.290 e. The monoisotopic (exact) mass is 252 g/mol. The van der Waals surface area contributed by atoms with Gasteiger partial charge in [-0.25, -0.2) is 4.98 Å². The SMILES string of the molecule is Cc1cc(NC(CN)C(C)(C)C)ncc1[N+](=O)[O-]. The molecular formula is C12H20N4O2. The van der Waals surface area contributed by atoms with Gasteiger partial charge in [-0.05, 0) is 18.4 Å². The highest BCUT2D eigenvalue weighted by Crippen LogP contribution is 2.24. The van der Waals surface area contributed by atoms with E-state index in [1.54, 1.807) is 13.0 Å². The molecule has 0 aromatic carbocycles. The van der Waals surface area contributed by atoms with E-state index in [9.17, 15) is 10.1 Å². The van der Waals surface area contributed by atoms with Gasteiger partial charge in [-0.15, -0.1) is 0 Å². The first-order valence-corrected chi connectivity index (χ1v) is 5.83. The molecule has 0 saturated heterocycles. The highest BCUT2D eigenvalue weighted by molar-refractivity contribution is 5.47. The minimum atomic E-state index is -0.434. The smallest absolute Gasteiger partial charge is 0.290 e. The van der Waals surface area contributed by atoms with E-state index in [4.69, 9.17) is 5.73 Å². The van der Waals surface area contributed by atoms with Crippen molar-refractivity contribution in [1.82, 2.24) is 4.98 Å². The Morgan fingerprint density at radius 3 is 2.56 bits per heavy atom. The van der Waals surface area contributed by atoms with Gasteiger partial charge in [-0.2, -0.15) is 0 Å². The lowest BCUT2D eigenvalue weighted by Crippen LogP contribution is -2.40. The molecule has 0 radical (unpaired) electrons. The quantitative estimate of drug-likeness (QED) is 0.632. The highest BCUT2D eigenvalue weighted by Gasteiger charge is 2.23. The molecule has 3 N–H and O–H groups in total. The van der Waals surface area contributed by atoms with Crippen molar-refractivity contribution in [3.8, 4) is 0 Å². The van der Waals surface area contributed by atoms with Gasteiger partial charge in [0.15, 0.2) is 0 Å². The van der Waals surface area contributed by atoms with Crippen LogP contribution in [0.5, 0.6) is 0 Å². The Morgan fingerprint density at radius 1 is 1.56 bits per heavy atom. The van der Waals surface area contributed by atoms with Gasteiger partial charge in [0.25, 0.3) is 5.69 Å². The molecule has 1 aromatic rings. The zero-order valence-electron chi connectivity index (χ0n) is 11.2. The predicted octanol–water partition coefficient (Wildman–Crippen LogP) is 2.08. The Morgan fingerprint density at radius 2 is 2.17 bits per heavy atom. The molecule has 1 heterocycles. The van der Waals surface area contributed by atoms with Gasteiger partial charge < -0.3 is 11.1 Å². The van der Waals surface area contributed by atoms with Crippen molar-refractivity contribution in [3.63, 3.8) is 0 Å². The summed E-state index contributed by atoms with van der Waals surface area (Å²) >= 11 is 0. The van der Waals surface area contributed by atoms with E-state index < -0.39 is 4.92 Å². The molecule has 0 aliphatic rings. The summed E-state index contributed by atoms with van der Waals surface area (Å²) in [6.07, 6.45) is 1.27. The zero-order valence-corrected chi connectivity index (χ0v) is 11.2. The fourth-order valence-electron chi connectivity index (χ4n) is 1.63. The summed E-state index contributed by atoms with van der Waals surface area (Å²) in [7, 11) is 0. The summed E-state index contributed by atoms with van der Waals surface area (Å²) in [6.45, 7) is 8.40. The molecule has 6 nitrogen and oxygen atoms in total. The third kappa shape index (κ3) is 3.40. The minimum Gasteiger partial charge on any atom is -0.366 e. The van der Waals surface area contributed by atoms with Gasteiger partial charge >= 0.3 is 0 Å². The second-order valence-corrected chi connectivity index (χ2v) is 5.41. The maximum atomic E-state index is 10.7. The molecule has 0 saturated carbocycles. The largest absolute Gasteiger partial charge is 0.366 e. The highest BCUT2D eigenvalue weighted by atomic mass is 16.6. The van der Waals surface area contributed by atoms with E-state index in [0.717, 1.165) is 0 Å². The summed E-state index contributed by atoms with van der Waals surface area (Å²) in [5, 5.41) is 13.9. The van der Waals surface area contributed by atoms with Crippen LogP contribution >= 0.6 is 0 Å². The summed E-state index contributed by atoms with van der Waals surface area (Å²) in [6, 6.07) is 1.73. The van der Waals surface area contributed by atoms with E-state index in [1.807, 2.05) is 0 Å². The fraction of sp³-hybridized carbons (Fsp3) is 0.583. The zero-order chi connectivity index (χ0) is 13.9. The molecule has 18 heavy (non-hydrogen) atoms. The van der Waals surface area contributed by atoms with Crippen LogP contribution < -0.4 is 11.1 Å². The van der Waals surface area contributed by atoms with Gasteiger partial charge in [-0.1, -0.05) is 20.8 Å². The maximum absolute atomic E-state index is 10.7. The van der Waals surface area contributed by atoms with Crippen LogP contribution in [0.15, 0.2) is 12.3 Å². The van der Waals surface area contributed by atoms with Crippen molar-refractivity contribution >= 4 is 11.5 Å². The summed E-state index contributed by atoms with van der Waals surface area (Å²) in [4.78, 5) is 14.3. The molecule has 1 unspecified atom stereocenters. The molecule has 100 valence electrons. The van der Waals surface area contributed by atoms with Crippen LogP contribution in [0, 0.1) is 22.5 Å². The van der Waals surface area contributed by atoms with Crippen molar-refractivity contribution < 1.29 is 4.92 Å². The predicted molar refractivity (Wildman–Crippen MR) is 71.5 cm³/mol. The van der Waals surface area contributed by atoms with Gasteiger partial charge in [0.2, 0.25) is 0 Å². The van der Waals surface area contributed by atoms with Crippen molar-refractivity contribution in [2.75, 3.05) is 11.9 Å². The number of nitrogens with two attached hydrogens (primary N) is 1. The molecule has 6 heteroatoms. The number of aromatic nitrogens is 1. The van der Waals surface area contributed by atoms with Gasteiger partial charge in [0.1, 0.15) is 12.0 Å². The van der Waals surface area contributed by atoms with E-state index in [0.29, 0.717) is 17.9 Å². The molecule has 0 bridgehead atoms. The van der Waals surface area contributed by atoms with Crippen LogP contribution in [0.1, 0.15) is 26.3 Å². The van der Waals surface area contributed by atoms with Crippen molar-refractivity contribution in [2.45, 2.75) is 33.7 Å². The van der Waals surface area contributed by atoms with Gasteiger partial charge in [0, 0.05) is 18.2 Å². The number of nitrogens with zero attached hydrogens (tertiary/aromatic N) is 2. The number of nitrogens with one attached hydrogen (secondary N) is 1. The average molecular weight is 252 g/mol. The first-order valence-electron chi connectivity index (χ1n) is 5.83. The number of hydrogen-bond donors (Lipinski definition) is 2. The van der Waals surface area contributed by atoms with E-state index in [-0.39, 0.29) is 17.1 Å². The average Bonchev–Trinajstić information content (AvgIpc) is 2.23. The Kier molecular flexibility index (Phi) is 4.24. The topological polar surface area (TPSA) is 94.1 Å². The van der Waals surface area contributed by atoms with Crippen LogP contribution in [-0.2, 0) is 0 Å². The normalized spacial score (nSPS) is 13.2. The number of nitro groups is 1. The van der Waals surface area contributed by atoms with Crippen LogP contribution in [0.3, 0.4) is 0 Å². The van der Waals surface area contributed by atoms with Crippen LogP contribution in [0.2, 0.25) is 0 Å². The van der Waals surface area contributed by atoms with Gasteiger partial charge in [0.05, 0.1) is 4.92 Å². The number of rotatable bonds is 4. The second-order valence-electron chi connectivity index (χ2n) is 5.41. The Hall–Kier alpha value is -1.69. The first-order chi connectivity index (χ1) is 8.25. The van der Waals surface area contributed by atoms with Crippen LogP contribution in [0.4, 0.5) is 11.5 Å². The Balaban J connectivity index is 2.92. The number of anilines is 1. The minimum absolute atomic E-state index is 0.00783. The molecule has 0 fully saturated rings. The van der Waals surface area contributed by atoms with Crippen molar-refractivity contribution in [1.29, 1.82) is 0 Å². The van der Waals surface area contributed by atoms with Crippen molar-refractivity contribution in [3.05, 3.63) is 27.9 Å². The standard InChI is InChI=1S/C12H20N4O2/c1-8-5-11(14-7-9(8)16(17)18)15-10(6-13)12(2,3)4/h5,7,10H,6,13H2,1-4H3,(H,14,15). The molecular weight excluding hydrogens is 232 g/mol. The van der Waals surface area contributed by atoms with Crippen LogP contribution in [0.25, 0.3) is 0 Å². The third-order valence-electron chi connectivity index (χ3n) is 2.88. The fourth-order valence-corrected chi connectivity index (χ4v) is 1.63. The molecule has 0 aliphatic carbocycles. The molecule has 1 atom stereocenters. The summed E-state index contributed by atoms with van der Waals surface area (Å²) in [5.41, 5.74) is 6.33. The lowest BCUT2D eigenvalue weighted by atomic mass is 9.87. The van der Waals surface area contributed by atoms with E-state index in [2.05, 4.69) is 31.1 Å². The number of hydrogen-bond acceptors (Lipinski definition) is 5. The molecule has 0 spiro atoms. The summed E-state index contributed by atoms with van der Waals surface area (Å²) < 4.78 is 0. The first kappa shape index (κ1) is 14.4. The lowest BCUT2D eigenvalue weighted by Gasteiger charge is -2.30. The molecule has 0 aliphatic heterocycles. The van der Waals surface area contributed by atoms with E-state index >= 15 is 0 Å². The molecule has 1 rings (SSSR count). The van der Waals surface area contributed by atoms with Crippen molar-refractivity contribution in [2.24, 2.45) is 11.1 Å². The molecule has 1 aromatic heterocycles. The Bertz CT molecular complexity index is 440. The summed E-state index contributed by atoms with van der Waals surface area (Å²) in [5.74, 6) is 0.614. The van der Waals surface area contributed by atoms with Crippen LogP contribution in [-0.4, -0.2) is 22.5 Å². The lowest BCUT2D eigenvalue weighted by molar-refractivity contribution is -0.385. The number of pyridine rings is 1. The third-order valence-corrected chi connectivity index (χ3v) is 2.88. The molecule has 0 amide bonds.